The largest absolute Gasteiger partial charge is 0.394 e. The van der Waals surface area contributed by atoms with Gasteiger partial charge in [-0.25, -0.2) is 4.98 Å². The Morgan fingerprint density at radius 3 is 2.84 bits per heavy atom. The summed E-state index contributed by atoms with van der Waals surface area (Å²) >= 11 is 1.15. The average molecular weight is 280 g/mol. The second-order valence-corrected chi connectivity index (χ2v) is 4.92. The first kappa shape index (κ1) is 13.7. The lowest BCUT2D eigenvalue weighted by atomic mass is 10.2. The molecule has 1 atom stereocenters. The van der Waals surface area contributed by atoms with Gasteiger partial charge in [0.15, 0.2) is 0 Å². The van der Waals surface area contributed by atoms with Crippen LogP contribution in [0.2, 0.25) is 0 Å². The number of aliphatic hydroxyl groups excluding tert-OH is 2. The highest BCUT2D eigenvalue weighted by Crippen LogP contribution is 2.35. The molecule has 0 saturated heterocycles. The highest BCUT2D eigenvalue weighted by atomic mass is 32.2. The van der Waals surface area contributed by atoms with Crippen molar-refractivity contribution in [3.05, 3.63) is 40.6 Å². The number of hydrogen-bond acceptors (Lipinski definition) is 6. The minimum Gasteiger partial charge on any atom is -0.394 e. The highest BCUT2D eigenvalue weighted by molar-refractivity contribution is 7.99. The molecule has 0 saturated carbocycles. The van der Waals surface area contributed by atoms with Gasteiger partial charge in [0, 0.05) is 11.1 Å². The first-order valence-corrected chi connectivity index (χ1v) is 6.56. The Labute approximate surface area is 113 Å². The molecule has 2 rings (SSSR count). The summed E-state index contributed by atoms with van der Waals surface area (Å²) in [5.74, 6) is 0.186. The van der Waals surface area contributed by atoms with Crippen LogP contribution in [-0.4, -0.2) is 38.6 Å². The van der Waals surface area contributed by atoms with Crippen LogP contribution in [0.1, 0.15) is 0 Å². The maximum atomic E-state index is 11.0. The highest BCUT2D eigenvalue weighted by Gasteiger charge is 2.19. The van der Waals surface area contributed by atoms with Crippen LogP contribution < -0.4 is 0 Å². The van der Waals surface area contributed by atoms with Gasteiger partial charge in [-0.2, -0.15) is 0 Å². The van der Waals surface area contributed by atoms with Gasteiger partial charge in [-0.15, -0.1) is 11.8 Å². The monoisotopic (exact) mass is 280 g/mol. The van der Waals surface area contributed by atoms with Gasteiger partial charge in [-0.05, 0) is 6.07 Å². The summed E-state index contributed by atoms with van der Waals surface area (Å²) < 4.78 is 0. The minimum atomic E-state index is -0.906. The molecule has 1 heterocycles. The summed E-state index contributed by atoms with van der Waals surface area (Å²) in [5.41, 5.74) is 0.572. The van der Waals surface area contributed by atoms with Crippen LogP contribution in [0.3, 0.4) is 0 Å². The molecule has 6 nitrogen and oxygen atoms in total. The number of nitro groups is 1. The number of benzene rings is 1. The van der Waals surface area contributed by atoms with E-state index in [0.717, 1.165) is 11.8 Å². The van der Waals surface area contributed by atoms with Crippen molar-refractivity contribution in [1.82, 2.24) is 4.98 Å². The standard InChI is InChI=1S/C12H12N2O4S/c15-6-8(16)7-19-12-9-3-1-2-4-10(9)13-5-11(12)14(17)18/h1-5,8,15-16H,6-7H2. The molecule has 100 valence electrons. The molecule has 0 aliphatic heterocycles. The molecule has 0 fully saturated rings. The Morgan fingerprint density at radius 1 is 1.42 bits per heavy atom. The molecule has 1 unspecified atom stereocenters. The molecule has 19 heavy (non-hydrogen) atoms. The first-order chi connectivity index (χ1) is 9.13. The van der Waals surface area contributed by atoms with E-state index in [1.165, 1.54) is 6.20 Å². The Kier molecular flexibility index (Phi) is 4.31. The number of para-hydroxylation sites is 1. The molecular weight excluding hydrogens is 268 g/mol. The number of hydrogen-bond donors (Lipinski definition) is 2. The van der Waals surface area contributed by atoms with Gasteiger partial charge in [0.1, 0.15) is 6.20 Å². The third-order valence-electron chi connectivity index (χ3n) is 2.53. The van der Waals surface area contributed by atoms with Gasteiger partial charge < -0.3 is 10.2 Å². The van der Waals surface area contributed by atoms with Gasteiger partial charge in [0.2, 0.25) is 0 Å². The van der Waals surface area contributed by atoms with E-state index in [4.69, 9.17) is 5.11 Å². The van der Waals surface area contributed by atoms with Gasteiger partial charge in [0.25, 0.3) is 0 Å². The smallest absolute Gasteiger partial charge is 0.301 e. The summed E-state index contributed by atoms with van der Waals surface area (Å²) in [6.45, 7) is -0.371. The normalized spacial score (nSPS) is 12.5. The SMILES string of the molecule is O=[N+]([O-])c1cnc2ccccc2c1SCC(O)CO. The number of nitrogens with zero attached hydrogens (tertiary/aromatic N) is 2. The molecular formula is C12H12N2O4S. The van der Waals surface area contributed by atoms with Crippen LogP contribution in [0, 0.1) is 10.1 Å². The zero-order valence-corrected chi connectivity index (χ0v) is 10.7. The van der Waals surface area contributed by atoms with Crippen molar-refractivity contribution in [1.29, 1.82) is 0 Å². The molecule has 2 aromatic rings. The van der Waals surface area contributed by atoms with Crippen molar-refractivity contribution in [3.63, 3.8) is 0 Å². The second kappa shape index (κ2) is 5.96. The molecule has 1 aromatic heterocycles. The fraction of sp³-hybridized carbons (Fsp3) is 0.250. The zero-order valence-electron chi connectivity index (χ0n) is 9.89. The maximum Gasteiger partial charge on any atom is 0.301 e. The van der Waals surface area contributed by atoms with Crippen molar-refractivity contribution in [3.8, 4) is 0 Å². The Hall–Kier alpha value is -1.70. The molecule has 0 spiro atoms. The van der Waals surface area contributed by atoms with Crippen molar-refractivity contribution in [2.75, 3.05) is 12.4 Å². The second-order valence-electron chi connectivity index (χ2n) is 3.89. The molecule has 1 aromatic carbocycles. The Bertz CT molecular complexity index is 605. The van der Waals surface area contributed by atoms with E-state index in [9.17, 15) is 15.2 Å². The number of aliphatic hydroxyl groups is 2. The van der Waals surface area contributed by atoms with Crippen molar-refractivity contribution < 1.29 is 15.1 Å². The molecule has 0 aliphatic rings. The first-order valence-electron chi connectivity index (χ1n) is 5.57. The van der Waals surface area contributed by atoms with Gasteiger partial charge in [0.05, 0.1) is 28.0 Å². The summed E-state index contributed by atoms with van der Waals surface area (Å²) in [4.78, 5) is 15.0. The van der Waals surface area contributed by atoms with Crippen LogP contribution in [0.4, 0.5) is 5.69 Å². The van der Waals surface area contributed by atoms with Crippen molar-refractivity contribution >= 4 is 28.4 Å². The molecule has 0 aliphatic carbocycles. The fourth-order valence-electron chi connectivity index (χ4n) is 1.62. The van der Waals surface area contributed by atoms with Crippen LogP contribution in [0.15, 0.2) is 35.4 Å². The number of thioether (sulfide) groups is 1. The van der Waals surface area contributed by atoms with E-state index < -0.39 is 11.0 Å². The van der Waals surface area contributed by atoms with Gasteiger partial charge >= 0.3 is 5.69 Å². The number of aromatic nitrogens is 1. The molecule has 0 bridgehead atoms. The lowest BCUT2D eigenvalue weighted by Crippen LogP contribution is -2.14. The van der Waals surface area contributed by atoms with Crippen LogP contribution >= 0.6 is 11.8 Å². The summed E-state index contributed by atoms with van der Waals surface area (Å²) in [7, 11) is 0. The van der Waals surface area contributed by atoms with E-state index in [2.05, 4.69) is 4.98 Å². The topological polar surface area (TPSA) is 96.5 Å². The van der Waals surface area contributed by atoms with Crippen molar-refractivity contribution in [2.45, 2.75) is 11.0 Å². The quantitative estimate of drug-likeness (QED) is 0.490. The summed E-state index contributed by atoms with van der Waals surface area (Å²) in [6, 6.07) is 7.10. The molecule has 7 heteroatoms. The predicted octanol–water partition coefficient (Wildman–Crippen LogP) is 1.59. The predicted molar refractivity (Wildman–Crippen MR) is 72.2 cm³/mol. The number of fused-ring (bicyclic) bond motifs is 1. The summed E-state index contributed by atoms with van der Waals surface area (Å²) in [6.07, 6.45) is 0.312. The number of rotatable bonds is 5. The van der Waals surface area contributed by atoms with Gasteiger partial charge in [-0.3, -0.25) is 10.1 Å². The lowest BCUT2D eigenvalue weighted by Gasteiger charge is -2.09. The van der Waals surface area contributed by atoms with E-state index in [1.807, 2.05) is 0 Å². The van der Waals surface area contributed by atoms with E-state index in [-0.39, 0.29) is 18.0 Å². The molecule has 0 amide bonds. The van der Waals surface area contributed by atoms with Crippen molar-refractivity contribution in [2.24, 2.45) is 0 Å². The van der Waals surface area contributed by atoms with Crippen LogP contribution in [0.25, 0.3) is 10.9 Å². The van der Waals surface area contributed by atoms with E-state index in [0.29, 0.717) is 15.8 Å². The third-order valence-corrected chi connectivity index (χ3v) is 3.80. The molecule has 2 N–H and O–H groups in total. The van der Waals surface area contributed by atoms with Crippen LogP contribution in [0.5, 0.6) is 0 Å². The third kappa shape index (κ3) is 3.01. The minimum absolute atomic E-state index is 0.0890. The average Bonchev–Trinajstić information content (AvgIpc) is 2.43. The molecule has 0 radical (unpaired) electrons. The zero-order chi connectivity index (χ0) is 13.8. The Balaban J connectivity index is 2.46. The summed E-state index contributed by atoms with van der Waals surface area (Å²) in [5, 5.41) is 29.9. The lowest BCUT2D eigenvalue weighted by molar-refractivity contribution is -0.387. The van der Waals surface area contributed by atoms with Gasteiger partial charge in [-0.1, -0.05) is 18.2 Å². The van der Waals surface area contributed by atoms with E-state index in [1.54, 1.807) is 24.3 Å². The Morgan fingerprint density at radius 2 is 2.16 bits per heavy atom. The van der Waals surface area contributed by atoms with Crippen LogP contribution in [-0.2, 0) is 0 Å². The van der Waals surface area contributed by atoms with E-state index >= 15 is 0 Å². The number of pyridine rings is 1. The fourth-order valence-corrected chi connectivity index (χ4v) is 2.69. The maximum absolute atomic E-state index is 11.0.